The van der Waals surface area contributed by atoms with E-state index in [1.807, 2.05) is 37.3 Å². The van der Waals surface area contributed by atoms with Gasteiger partial charge < -0.3 is 10.1 Å². The molecule has 1 fully saturated rings. The van der Waals surface area contributed by atoms with Crippen LogP contribution in [0.2, 0.25) is 0 Å². The van der Waals surface area contributed by atoms with E-state index in [0.29, 0.717) is 31.9 Å². The molecule has 2 heterocycles. The Morgan fingerprint density at radius 1 is 1.21 bits per heavy atom. The zero-order valence-corrected chi connectivity index (χ0v) is 19.1. The number of aryl methyl sites for hydroxylation is 1. The summed E-state index contributed by atoms with van der Waals surface area (Å²) >= 11 is 0. The minimum Gasteiger partial charge on any atom is -0.489 e. The number of carbonyl (C=O) groups is 1. The van der Waals surface area contributed by atoms with E-state index in [0.717, 1.165) is 22.2 Å². The van der Waals surface area contributed by atoms with E-state index >= 15 is 0 Å². The fourth-order valence-corrected chi connectivity index (χ4v) is 5.98. The highest BCUT2D eigenvalue weighted by Gasteiger charge is 2.34. The number of benzene rings is 2. The molecule has 3 aromatic rings. The van der Waals surface area contributed by atoms with Crippen LogP contribution in [-0.4, -0.2) is 43.4 Å². The Bertz CT molecular complexity index is 1240. The van der Waals surface area contributed by atoms with Gasteiger partial charge in [0.15, 0.2) is 9.84 Å². The third kappa shape index (κ3) is 5.32. The number of amides is 1. The van der Waals surface area contributed by atoms with E-state index in [-0.39, 0.29) is 10.6 Å². The Labute approximate surface area is 192 Å². The largest absolute Gasteiger partial charge is 0.489 e. The summed E-state index contributed by atoms with van der Waals surface area (Å²) in [5.74, 6) is -1.13. The SMILES string of the molecule is Cc1cc(COc2ccc(S(=O)(=O)C[C@@H]3CNCC[C@@H]3C(=O)NO)cc2)c2ccccc2n1. The molecular formula is C24H27N3O5S. The lowest BCUT2D eigenvalue weighted by Gasteiger charge is -2.30. The third-order valence-electron chi connectivity index (χ3n) is 6.00. The maximum Gasteiger partial charge on any atom is 0.246 e. The fourth-order valence-electron chi connectivity index (χ4n) is 4.32. The van der Waals surface area contributed by atoms with Gasteiger partial charge in [-0.25, -0.2) is 13.9 Å². The van der Waals surface area contributed by atoms with Crippen molar-refractivity contribution in [3.8, 4) is 5.75 Å². The predicted molar refractivity (Wildman–Crippen MR) is 124 cm³/mol. The molecule has 0 saturated carbocycles. The summed E-state index contributed by atoms with van der Waals surface area (Å²) in [5, 5.41) is 13.1. The van der Waals surface area contributed by atoms with E-state index in [9.17, 15) is 13.2 Å². The highest BCUT2D eigenvalue weighted by molar-refractivity contribution is 7.91. The molecule has 1 amide bonds. The maximum atomic E-state index is 13.0. The number of piperidine rings is 1. The van der Waals surface area contributed by atoms with Crippen LogP contribution in [0.25, 0.3) is 10.9 Å². The highest BCUT2D eigenvalue weighted by Crippen LogP contribution is 2.26. The summed E-state index contributed by atoms with van der Waals surface area (Å²) in [7, 11) is -3.62. The molecule has 4 rings (SSSR count). The van der Waals surface area contributed by atoms with Crippen molar-refractivity contribution >= 4 is 26.6 Å². The number of nitrogens with zero attached hydrogens (tertiary/aromatic N) is 1. The van der Waals surface area contributed by atoms with Gasteiger partial charge in [0, 0.05) is 22.6 Å². The number of para-hydroxylation sites is 1. The summed E-state index contributed by atoms with van der Waals surface area (Å²) in [6.07, 6.45) is 0.475. The first-order valence-corrected chi connectivity index (χ1v) is 12.5. The molecule has 174 valence electrons. The Kier molecular flexibility index (Phi) is 6.92. The number of fused-ring (bicyclic) bond motifs is 1. The molecule has 33 heavy (non-hydrogen) atoms. The van der Waals surface area contributed by atoms with Gasteiger partial charge in [-0.3, -0.25) is 15.0 Å². The van der Waals surface area contributed by atoms with Crippen molar-refractivity contribution < 1.29 is 23.2 Å². The number of hydroxylamine groups is 1. The van der Waals surface area contributed by atoms with Gasteiger partial charge in [0.25, 0.3) is 0 Å². The lowest BCUT2D eigenvalue weighted by molar-refractivity contribution is -0.135. The van der Waals surface area contributed by atoms with Crippen LogP contribution in [0.15, 0.2) is 59.5 Å². The van der Waals surface area contributed by atoms with E-state index in [1.165, 1.54) is 12.1 Å². The number of sulfone groups is 1. The zero-order valence-electron chi connectivity index (χ0n) is 18.3. The number of ether oxygens (including phenoxy) is 1. The number of hydrogen-bond donors (Lipinski definition) is 3. The molecular weight excluding hydrogens is 442 g/mol. The molecule has 8 nitrogen and oxygen atoms in total. The molecule has 3 N–H and O–H groups in total. The van der Waals surface area contributed by atoms with Gasteiger partial charge in [0.05, 0.1) is 16.2 Å². The normalized spacial score (nSPS) is 18.7. The Hall–Kier alpha value is -3.01. The van der Waals surface area contributed by atoms with Crippen LogP contribution in [0.4, 0.5) is 0 Å². The first kappa shape index (κ1) is 23.2. The summed E-state index contributed by atoms with van der Waals surface area (Å²) < 4.78 is 31.8. The Morgan fingerprint density at radius 2 is 1.97 bits per heavy atom. The molecule has 9 heteroatoms. The van der Waals surface area contributed by atoms with Crippen LogP contribution in [0, 0.1) is 18.8 Å². The highest BCUT2D eigenvalue weighted by atomic mass is 32.2. The van der Waals surface area contributed by atoms with Crippen molar-refractivity contribution in [3.63, 3.8) is 0 Å². The second kappa shape index (κ2) is 9.86. The quantitative estimate of drug-likeness (QED) is 0.360. The maximum absolute atomic E-state index is 13.0. The number of pyridine rings is 1. The van der Waals surface area contributed by atoms with Crippen molar-refractivity contribution in [2.75, 3.05) is 18.8 Å². The summed E-state index contributed by atoms with van der Waals surface area (Å²) in [6.45, 7) is 3.28. The Morgan fingerprint density at radius 3 is 2.73 bits per heavy atom. The monoisotopic (exact) mass is 469 g/mol. The fraction of sp³-hybridized carbons (Fsp3) is 0.333. The van der Waals surface area contributed by atoms with Gasteiger partial charge in [-0.2, -0.15) is 0 Å². The van der Waals surface area contributed by atoms with Gasteiger partial charge in [0.2, 0.25) is 5.91 Å². The van der Waals surface area contributed by atoms with Crippen molar-refractivity contribution in [2.45, 2.75) is 24.8 Å². The molecule has 1 aliphatic rings. The van der Waals surface area contributed by atoms with Crippen LogP contribution >= 0.6 is 0 Å². The number of aromatic nitrogens is 1. The molecule has 0 aliphatic carbocycles. The standard InChI is InChI=1S/C24H27N3O5S/c1-16-12-17(21-4-2-3-5-23(21)26-16)14-32-19-6-8-20(9-7-19)33(30,31)15-18-13-25-11-10-22(18)24(28)27-29/h2-9,12,18,22,25,29H,10-11,13-15H2,1H3,(H,27,28)/t18-,22-/m0/s1. The first-order chi connectivity index (χ1) is 15.9. The van der Waals surface area contributed by atoms with Crippen molar-refractivity contribution in [1.29, 1.82) is 0 Å². The molecule has 1 aromatic heterocycles. The summed E-state index contributed by atoms with van der Waals surface area (Å²) in [4.78, 5) is 16.6. The lowest BCUT2D eigenvalue weighted by Crippen LogP contribution is -2.46. The molecule has 2 aromatic carbocycles. The van der Waals surface area contributed by atoms with E-state index in [2.05, 4.69) is 10.3 Å². The van der Waals surface area contributed by atoms with Crippen LogP contribution in [0.5, 0.6) is 5.75 Å². The smallest absolute Gasteiger partial charge is 0.246 e. The lowest BCUT2D eigenvalue weighted by atomic mass is 9.87. The van der Waals surface area contributed by atoms with Gasteiger partial charge >= 0.3 is 0 Å². The molecule has 2 atom stereocenters. The van der Waals surface area contributed by atoms with Crippen molar-refractivity contribution in [3.05, 3.63) is 65.9 Å². The van der Waals surface area contributed by atoms with Crippen LogP contribution in [0.3, 0.4) is 0 Å². The van der Waals surface area contributed by atoms with Crippen LogP contribution in [0.1, 0.15) is 17.7 Å². The average Bonchev–Trinajstić information content (AvgIpc) is 2.82. The first-order valence-electron chi connectivity index (χ1n) is 10.8. The average molecular weight is 470 g/mol. The van der Waals surface area contributed by atoms with Crippen LogP contribution < -0.4 is 15.5 Å². The topological polar surface area (TPSA) is 118 Å². The van der Waals surface area contributed by atoms with E-state index in [4.69, 9.17) is 9.94 Å². The summed E-state index contributed by atoms with van der Waals surface area (Å²) in [6, 6.07) is 16.2. The summed E-state index contributed by atoms with van der Waals surface area (Å²) in [5.41, 5.74) is 4.47. The number of rotatable bonds is 7. The predicted octanol–water partition coefficient (Wildman–Crippen LogP) is 2.63. The van der Waals surface area contributed by atoms with Gasteiger partial charge in [-0.15, -0.1) is 0 Å². The van der Waals surface area contributed by atoms with Crippen LogP contribution in [-0.2, 0) is 21.2 Å². The van der Waals surface area contributed by atoms with Gasteiger partial charge in [-0.1, -0.05) is 18.2 Å². The number of nitrogens with one attached hydrogen (secondary N) is 2. The molecule has 1 saturated heterocycles. The molecule has 0 spiro atoms. The van der Waals surface area contributed by atoms with E-state index < -0.39 is 27.6 Å². The van der Waals surface area contributed by atoms with Gasteiger partial charge in [0.1, 0.15) is 12.4 Å². The minimum atomic E-state index is -3.62. The molecule has 0 radical (unpaired) electrons. The zero-order chi connectivity index (χ0) is 23.4. The Balaban J connectivity index is 1.45. The van der Waals surface area contributed by atoms with Gasteiger partial charge in [-0.05, 0) is 68.8 Å². The molecule has 1 aliphatic heterocycles. The molecule has 0 unspecified atom stereocenters. The van der Waals surface area contributed by atoms with Crippen molar-refractivity contribution in [1.82, 2.24) is 15.8 Å². The second-order valence-corrected chi connectivity index (χ2v) is 10.4. The number of hydrogen-bond acceptors (Lipinski definition) is 7. The van der Waals surface area contributed by atoms with E-state index in [1.54, 1.807) is 17.6 Å². The van der Waals surface area contributed by atoms with Crippen molar-refractivity contribution in [2.24, 2.45) is 11.8 Å². The molecule has 0 bridgehead atoms. The second-order valence-electron chi connectivity index (χ2n) is 8.32. The third-order valence-corrected chi connectivity index (χ3v) is 7.85. The number of carbonyl (C=O) groups excluding carboxylic acids is 1. The minimum absolute atomic E-state index is 0.175.